The van der Waals surface area contributed by atoms with E-state index >= 15 is 0 Å². The predicted molar refractivity (Wildman–Crippen MR) is 107 cm³/mol. The summed E-state index contributed by atoms with van der Waals surface area (Å²) in [6, 6.07) is 17.3. The van der Waals surface area contributed by atoms with Crippen LogP contribution in [0.25, 0.3) is 0 Å². The lowest BCUT2D eigenvalue weighted by Crippen LogP contribution is -2.26. The van der Waals surface area contributed by atoms with E-state index in [0.717, 1.165) is 12.1 Å². The van der Waals surface area contributed by atoms with Crippen LogP contribution in [0.2, 0.25) is 0 Å². The van der Waals surface area contributed by atoms with E-state index in [-0.39, 0.29) is 16.9 Å². The van der Waals surface area contributed by atoms with Crippen molar-refractivity contribution in [2.75, 3.05) is 5.32 Å². The van der Waals surface area contributed by atoms with Crippen LogP contribution in [0, 0.1) is 22.9 Å². The third kappa shape index (κ3) is 4.85. The van der Waals surface area contributed by atoms with Crippen molar-refractivity contribution in [1.82, 2.24) is 0 Å². The number of halogens is 1. The van der Waals surface area contributed by atoms with Gasteiger partial charge < -0.3 is 10.1 Å². The van der Waals surface area contributed by atoms with Crippen LogP contribution in [-0.2, 0) is 9.53 Å². The molecule has 0 aliphatic carbocycles. The molecule has 0 bridgehead atoms. The Morgan fingerprint density at radius 1 is 1.03 bits per heavy atom. The fourth-order valence-electron chi connectivity index (χ4n) is 2.76. The van der Waals surface area contributed by atoms with Gasteiger partial charge in [-0.15, -0.1) is 0 Å². The molecule has 1 atom stereocenters. The SMILES string of the molecule is Cc1ccc(NC(=O)[C@@H](OC(=O)c2ccc(F)cc2)c2ccccc2)c([N+](=O)[O-])c1. The summed E-state index contributed by atoms with van der Waals surface area (Å²) in [5, 5.41) is 13.8. The summed E-state index contributed by atoms with van der Waals surface area (Å²) in [6.07, 6.45) is -1.37. The van der Waals surface area contributed by atoms with Gasteiger partial charge in [-0.2, -0.15) is 0 Å². The van der Waals surface area contributed by atoms with Crippen LogP contribution in [-0.4, -0.2) is 16.8 Å². The average molecular weight is 408 g/mol. The first kappa shape index (κ1) is 20.7. The molecule has 0 fully saturated rings. The number of esters is 1. The summed E-state index contributed by atoms with van der Waals surface area (Å²) in [4.78, 5) is 36.1. The van der Waals surface area contributed by atoms with E-state index in [4.69, 9.17) is 4.74 Å². The summed E-state index contributed by atoms with van der Waals surface area (Å²) in [5.41, 5.74) is 0.795. The maximum absolute atomic E-state index is 13.1. The molecule has 0 aromatic heterocycles. The molecule has 0 aliphatic rings. The molecule has 1 N–H and O–H groups in total. The average Bonchev–Trinajstić information content (AvgIpc) is 2.74. The van der Waals surface area contributed by atoms with Crippen molar-refractivity contribution in [3.63, 3.8) is 0 Å². The lowest BCUT2D eigenvalue weighted by Gasteiger charge is -2.18. The van der Waals surface area contributed by atoms with Gasteiger partial charge in [0.05, 0.1) is 10.5 Å². The van der Waals surface area contributed by atoms with Crippen LogP contribution in [0.15, 0.2) is 72.8 Å². The van der Waals surface area contributed by atoms with Gasteiger partial charge in [-0.3, -0.25) is 14.9 Å². The lowest BCUT2D eigenvalue weighted by molar-refractivity contribution is -0.384. The van der Waals surface area contributed by atoms with Crippen molar-refractivity contribution in [2.45, 2.75) is 13.0 Å². The number of carbonyl (C=O) groups is 2. The van der Waals surface area contributed by atoms with E-state index in [1.807, 2.05) is 0 Å². The predicted octanol–water partition coefficient (Wildman–Crippen LogP) is 4.58. The molecular weight excluding hydrogens is 391 g/mol. The van der Waals surface area contributed by atoms with E-state index in [9.17, 15) is 24.1 Å². The summed E-state index contributed by atoms with van der Waals surface area (Å²) in [6.45, 7) is 1.69. The zero-order valence-electron chi connectivity index (χ0n) is 15.9. The third-order valence-electron chi connectivity index (χ3n) is 4.25. The van der Waals surface area contributed by atoms with Crippen LogP contribution >= 0.6 is 0 Å². The number of hydrogen-bond donors (Lipinski definition) is 1. The van der Waals surface area contributed by atoms with Crippen LogP contribution in [0.5, 0.6) is 0 Å². The number of nitro groups is 1. The molecule has 7 nitrogen and oxygen atoms in total. The van der Waals surface area contributed by atoms with E-state index in [1.54, 1.807) is 43.3 Å². The molecule has 8 heteroatoms. The van der Waals surface area contributed by atoms with Gasteiger partial charge in [0.15, 0.2) is 0 Å². The number of amides is 1. The normalized spacial score (nSPS) is 11.4. The van der Waals surface area contributed by atoms with Gasteiger partial charge in [-0.25, -0.2) is 9.18 Å². The van der Waals surface area contributed by atoms with Gasteiger partial charge in [0.25, 0.3) is 11.6 Å². The zero-order chi connectivity index (χ0) is 21.7. The Morgan fingerprint density at radius 3 is 2.33 bits per heavy atom. The van der Waals surface area contributed by atoms with Gasteiger partial charge in [0, 0.05) is 11.6 Å². The molecule has 1 amide bonds. The summed E-state index contributed by atoms with van der Waals surface area (Å²) < 4.78 is 18.5. The van der Waals surface area contributed by atoms with Crippen LogP contribution in [0.4, 0.5) is 15.8 Å². The Balaban J connectivity index is 1.89. The van der Waals surface area contributed by atoms with Crippen LogP contribution in [0.1, 0.15) is 27.6 Å². The molecule has 0 radical (unpaired) electrons. The molecule has 0 saturated heterocycles. The molecule has 3 rings (SSSR count). The standard InChI is InChI=1S/C22H17FN2O5/c1-14-7-12-18(19(13-14)25(28)29)24-21(26)20(15-5-3-2-4-6-15)30-22(27)16-8-10-17(23)11-9-16/h2-13,20H,1H3,(H,24,26)/t20-/m0/s1. The van der Waals surface area contributed by atoms with E-state index in [2.05, 4.69) is 5.32 Å². The van der Waals surface area contributed by atoms with E-state index < -0.39 is 28.7 Å². The quantitative estimate of drug-likeness (QED) is 0.366. The topological polar surface area (TPSA) is 98.5 Å². The second kappa shape index (κ2) is 8.95. The number of nitro benzene ring substituents is 1. The highest BCUT2D eigenvalue weighted by molar-refractivity contribution is 5.99. The number of carbonyl (C=O) groups excluding carboxylic acids is 2. The maximum Gasteiger partial charge on any atom is 0.339 e. The fraction of sp³-hybridized carbons (Fsp3) is 0.0909. The van der Waals surface area contributed by atoms with Gasteiger partial charge in [0.1, 0.15) is 11.5 Å². The monoisotopic (exact) mass is 408 g/mol. The molecule has 0 unspecified atom stereocenters. The first-order valence-electron chi connectivity index (χ1n) is 8.92. The van der Waals surface area contributed by atoms with Crippen molar-refractivity contribution >= 4 is 23.3 Å². The Morgan fingerprint density at radius 2 is 1.70 bits per heavy atom. The van der Waals surface area contributed by atoms with Gasteiger partial charge in [-0.05, 0) is 42.8 Å². The molecule has 3 aromatic carbocycles. The number of nitrogens with one attached hydrogen (secondary N) is 1. The summed E-state index contributed by atoms with van der Waals surface area (Å²) in [7, 11) is 0. The largest absolute Gasteiger partial charge is 0.444 e. The van der Waals surface area contributed by atoms with Crippen LogP contribution < -0.4 is 5.32 Å². The second-order valence-corrected chi connectivity index (χ2v) is 6.47. The summed E-state index contributed by atoms with van der Waals surface area (Å²) in [5.74, 6) is -2.11. The van der Waals surface area contributed by atoms with Crippen LogP contribution in [0.3, 0.4) is 0 Å². The smallest absolute Gasteiger partial charge is 0.339 e. The Hall–Kier alpha value is -4.07. The summed E-state index contributed by atoms with van der Waals surface area (Å²) >= 11 is 0. The second-order valence-electron chi connectivity index (χ2n) is 6.47. The van der Waals surface area contributed by atoms with E-state index in [0.29, 0.717) is 11.1 Å². The van der Waals surface area contributed by atoms with Gasteiger partial charge in [0.2, 0.25) is 6.10 Å². The molecule has 3 aromatic rings. The van der Waals surface area contributed by atoms with Crippen molar-refractivity contribution in [1.29, 1.82) is 0 Å². The maximum atomic E-state index is 13.1. The minimum atomic E-state index is -1.37. The zero-order valence-corrected chi connectivity index (χ0v) is 15.9. The molecule has 30 heavy (non-hydrogen) atoms. The number of ether oxygens (including phenoxy) is 1. The highest BCUT2D eigenvalue weighted by Crippen LogP contribution is 2.28. The Kier molecular flexibility index (Phi) is 6.17. The first-order valence-corrected chi connectivity index (χ1v) is 8.92. The number of benzene rings is 3. The third-order valence-corrected chi connectivity index (χ3v) is 4.25. The highest BCUT2D eigenvalue weighted by atomic mass is 19.1. The van der Waals surface area contributed by atoms with Crippen molar-refractivity contribution < 1.29 is 23.6 Å². The minimum Gasteiger partial charge on any atom is -0.444 e. The van der Waals surface area contributed by atoms with Crippen molar-refractivity contribution in [3.8, 4) is 0 Å². The first-order chi connectivity index (χ1) is 14.3. The van der Waals surface area contributed by atoms with Crippen molar-refractivity contribution in [2.24, 2.45) is 0 Å². The molecule has 0 heterocycles. The number of aryl methyl sites for hydroxylation is 1. The fourth-order valence-corrected chi connectivity index (χ4v) is 2.76. The molecular formula is C22H17FN2O5. The number of anilines is 1. The molecule has 0 saturated carbocycles. The molecule has 0 spiro atoms. The van der Waals surface area contributed by atoms with E-state index in [1.165, 1.54) is 24.3 Å². The Bertz CT molecular complexity index is 1080. The number of nitrogens with zero attached hydrogens (tertiary/aromatic N) is 1. The van der Waals surface area contributed by atoms with Crippen molar-refractivity contribution in [3.05, 3.63) is 105 Å². The highest BCUT2D eigenvalue weighted by Gasteiger charge is 2.27. The molecule has 0 aliphatic heterocycles. The minimum absolute atomic E-state index is 0.0191. The van der Waals surface area contributed by atoms with Gasteiger partial charge in [-0.1, -0.05) is 36.4 Å². The number of rotatable bonds is 6. The Labute approximate surface area is 171 Å². The van der Waals surface area contributed by atoms with Gasteiger partial charge >= 0.3 is 5.97 Å². The lowest BCUT2D eigenvalue weighted by atomic mass is 10.1. The molecule has 152 valence electrons. The number of hydrogen-bond acceptors (Lipinski definition) is 5.